The summed E-state index contributed by atoms with van der Waals surface area (Å²) in [5, 5.41) is 12.2. The van der Waals surface area contributed by atoms with Crippen LogP contribution in [-0.4, -0.2) is 5.91 Å². The molecule has 0 bridgehead atoms. The summed E-state index contributed by atoms with van der Waals surface area (Å²) >= 11 is 1.32. The molecule has 0 fully saturated rings. The molecule has 1 heterocycles. The van der Waals surface area contributed by atoms with Gasteiger partial charge in [-0.15, -0.1) is 11.3 Å². The summed E-state index contributed by atoms with van der Waals surface area (Å²) < 4.78 is 13.7. The number of amides is 1. The lowest BCUT2D eigenvalue weighted by atomic mass is 10.1. The highest BCUT2D eigenvalue weighted by molar-refractivity contribution is 7.16. The van der Waals surface area contributed by atoms with Crippen LogP contribution < -0.4 is 5.32 Å². The van der Waals surface area contributed by atoms with Gasteiger partial charge in [0.1, 0.15) is 16.9 Å². The third kappa shape index (κ3) is 2.56. The lowest BCUT2D eigenvalue weighted by Crippen LogP contribution is -2.13. The van der Waals surface area contributed by atoms with E-state index in [4.69, 9.17) is 5.26 Å². The Morgan fingerprint density at radius 3 is 2.65 bits per heavy atom. The van der Waals surface area contributed by atoms with Gasteiger partial charge < -0.3 is 5.32 Å². The van der Waals surface area contributed by atoms with Crippen LogP contribution in [0.5, 0.6) is 0 Å². The Balaban J connectivity index is 2.33. The molecule has 0 radical (unpaired) electrons. The molecule has 5 heteroatoms. The highest BCUT2D eigenvalue weighted by atomic mass is 32.1. The summed E-state index contributed by atoms with van der Waals surface area (Å²) in [6.07, 6.45) is 0. The first-order valence-electron chi connectivity index (χ1n) is 6.01. The Kier molecular flexibility index (Phi) is 3.86. The summed E-state index contributed by atoms with van der Waals surface area (Å²) in [6, 6.07) is 6.50. The van der Waals surface area contributed by atoms with Crippen molar-refractivity contribution in [2.75, 3.05) is 5.32 Å². The monoisotopic (exact) mass is 288 g/mol. The normalized spacial score (nSPS) is 10.2. The van der Waals surface area contributed by atoms with E-state index in [-0.39, 0.29) is 5.56 Å². The van der Waals surface area contributed by atoms with Gasteiger partial charge in [-0.25, -0.2) is 4.39 Å². The van der Waals surface area contributed by atoms with Gasteiger partial charge >= 0.3 is 0 Å². The van der Waals surface area contributed by atoms with Crippen molar-refractivity contribution in [1.82, 2.24) is 0 Å². The van der Waals surface area contributed by atoms with E-state index >= 15 is 0 Å². The molecule has 2 aromatic rings. The third-order valence-corrected chi connectivity index (χ3v) is 4.22. The molecule has 0 aliphatic rings. The van der Waals surface area contributed by atoms with Gasteiger partial charge in [-0.05, 0) is 44.0 Å². The van der Waals surface area contributed by atoms with Crippen molar-refractivity contribution in [3.63, 3.8) is 0 Å². The molecule has 0 saturated heterocycles. The molecule has 0 saturated carbocycles. The van der Waals surface area contributed by atoms with E-state index in [1.54, 1.807) is 13.0 Å². The molecular weight excluding hydrogens is 275 g/mol. The highest BCUT2D eigenvalue weighted by Gasteiger charge is 2.17. The van der Waals surface area contributed by atoms with Crippen LogP contribution in [0.4, 0.5) is 9.39 Å². The molecule has 1 aromatic heterocycles. The zero-order chi connectivity index (χ0) is 14.9. The number of benzene rings is 1. The van der Waals surface area contributed by atoms with Gasteiger partial charge in [0.2, 0.25) is 0 Å². The van der Waals surface area contributed by atoms with Crippen LogP contribution in [0, 0.1) is 37.9 Å². The minimum Gasteiger partial charge on any atom is -0.312 e. The highest BCUT2D eigenvalue weighted by Crippen LogP contribution is 2.32. The maximum absolute atomic E-state index is 13.7. The molecular formula is C15H13FN2OS. The summed E-state index contributed by atoms with van der Waals surface area (Å²) in [4.78, 5) is 13.0. The Morgan fingerprint density at radius 1 is 1.35 bits per heavy atom. The Labute approximate surface area is 120 Å². The molecule has 2 rings (SSSR count). The predicted molar refractivity (Wildman–Crippen MR) is 77.6 cm³/mol. The minimum absolute atomic E-state index is 0.0248. The van der Waals surface area contributed by atoms with Crippen LogP contribution in [-0.2, 0) is 0 Å². The third-order valence-electron chi connectivity index (χ3n) is 3.09. The van der Waals surface area contributed by atoms with Crippen LogP contribution in [0.1, 0.15) is 31.9 Å². The molecule has 20 heavy (non-hydrogen) atoms. The van der Waals surface area contributed by atoms with Crippen LogP contribution in [0.3, 0.4) is 0 Å². The van der Waals surface area contributed by atoms with Crippen molar-refractivity contribution in [1.29, 1.82) is 5.26 Å². The number of halogens is 1. The Morgan fingerprint density at radius 2 is 2.05 bits per heavy atom. The second kappa shape index (κ2) is 5.43. The van der Waals surface area contributed by atoms with Crippen molar-refractivity contribution < 1.29 is 9.18 Å². The first-order chi connectivity index (χ1) is 9.43. The quantitative estimate of drug-likeness (QED) is 0.910. The van der Waals surface area contributed by atoms with Crippen molar-refractivity contribution in [3.05, 3.63) is 51.1 Å². The van der Waals surface area contributed by atoms with Crippen molar-refractivity contribution in [3.8, 4) is 6.07 Å². The average Bonchev–Trinajstić information content (AvgIpc) is 2.64. The van der Waals surface area contributed by atoms with E-state index < -0.39 is 11.7 Å². The lowest BCUT2D eigenvalue weighted by Gasteiger charge is -2.05. The number of nitriles is 1. The number of carbonyl (C=O) groups excluding carboxylic acids is 1. The van der Waals surface area contributed by atoms with Gasteiger partial charge in [-0.3, -0.25) is 4.79 Å². The van der Waals surface area contributed by atoms with E-state index in [0.717, 1.165) is 16.0 Å². The van der Waals surface area contributed by atoms with Gasteiger partial charge in [-0.1, -0.05) is 6.07 Å². The minimum atomic E-state index is -0.564. The topological polar surface area (TPSA) is 52.9 Å². The average molecular weight is 288 g/mol. The van der Waals surface area contributed by atoms with E-state index in [2.05, 4.69) is 11.4 Å². The summed E-state index contributed by atoms with van der Waals surface area (Å²) in [6.45, 7) is 5.46. The summed E-state index contributed by atoms with van der Waals surface area (Å²) in [5.74, 6) is -1.11. The van der Waals surface area contributed by atoms with Crippen LogP contribution in [0.2, 0.25) is 0 Å². The van der Waals surface area contributed by atoms with Crippen molar-refractivity contribution in [2.24, 2.45) is 0 Å². The zero-order valence-electron chi connectivity index (χ0n) is 11.4. The zero-order valence-corrected chi connectivity index (χ0v) is 12.2. The Bertz CT molecular complexity index is 728. The SMILES string of the molecule is Cc1ccc(C(=O)Nc2sc(C)c(C)c2C#N)c(F)c1. The summed E-state index contributed by atoms with van der Waals surface area (Å²) in [7, 11) is 0. The number of carbonyl (C=O) groups is 1. The maximum Gasteiger partial charge on any atom is 0.259 e. The van der Waals surface area contributed by atoms with E-state index in [9.17, 15) is 9.18 Å². The number of nitrogens with one attached hydrogen (secondary N) is 1. The number of anilines is 1. The fourth-order valence-electron chi connectivity index (χ4n) is 1.82. The molecule has 0 unspecified atom stereocenters. The largest absolute Gasteiger partial charge is 0.312 e. The number of rotatable bonds is 2. The molecule has 0 aliphatic carbocycles. The van der Waals surface area contributed by atoms with Crippen LogP contribution >= 0.6 is 11.3 Å². The fraction of sp³-hybridized carbons (Fsp3) is 0.200. The summed E-state index contributed by atoms with van der Waals surface area (Å²) in [5.41, 5.74) is 2.01. The molecule has 1 aromatic carbocycles. The van der Waals surface area contributed by atoms with E-state index in [1.807, 2.05) is 13.8 Å². The molecule has 0 spiro atoms. The smallest absolute Gasteiger partial charge is 0.259 e. The number of nitrogens with zero attached hydrogens (tertiary/aromatic N) is 1. The number of hydrogen-bond donors (Lipinski definition) is 1. The lowest BCUT2D eigenvalue weighted by molar-refractivity contribution is 0.102. The maximum atomic E-state index is 13.7. The van der Waals surface area contributed by atoms with E-state index in [1.165, 1.54) is 23.5 Å². The first-order valence-corrected chi connectivity index (χ1v) is 6.83. The Hall–Kier alpha value is -2.19. The molecule has 1 N–H and O–H groups in total. The second-order valence-corrected chi connectivity index (χ2v) is 5.76. The van der Waals surface area contributed by atoms with Gasteiger partial charge in [-0.2, -0.15) is 5.26 Å². The first kappa shape index (κ1) is 14.2. The van der Waals surface area contributed by atoms with Gasteiger partial charge in [0.05, 0.1) is 11.1 Å². The number of aryl methyl sites for hydroxylation is 2. The van der Waals surface area contributed by atoms with Crippen LogP contribution in [0.15, 0.2) is 18.2 Å². The molecule has 1 amide bonds. The molecule has 3 nitrogen and oxygen atoms in total. The number of thiophene rings is 1. The van der Waals surface area contributed by atoms with Gasteiger partial charge in [0.15, 0.2) is 0 Å². The van der Waals surface area contributed by atoms with Gasteiger partial charge in [0, 0.05) is 4.88 Å². The van der Waals surface area contributed by atoms with Crippen molar-refractivity contribution >= 4 is 22.2 Å². The van der Waals surface area contributed by atoms with Crippen molar-refractivity contribution in [2.45, 2.75) is 20.8 Å². The van der Waals surface area contributed by atoms with Crippen LogP contribution in [0.25, 0.3) is 0 Å². The fourth-order valence-corrected chi connectivity index (χ4v) is 2.83. The van der Waals surface area contributed by atoms with Gasteiger partial charge in [0.25, 0.3) is 5.91 Å². The number of hydrogen-bond acceptors (Lipinski definition) is 3. The molecule has 0 atom stereocenters. The standard InChI is InChI=1S/C15H13FN2OS/c1-8-4-5-11(13(16)6-8)14(19)18-15-12(7-17)9(2)10(3)20-15/h4-6H,1-3H3,(H,18,19). The predicted octanol–water partition coefficient (Wildman–Crippen LogP) is 3.94. The molecule has 0 aliphatic heterocycles. The van der Waals surface area contributed by atoms with E-state index in [0.29, 0.717) is 10.6 Å². The second-order valence-electron chi connectivity index (χ2n) is 4.54. The molecule has 102 valence electrons.